The van der Waals surface area contributed by atoms with Gasteiger partial charge < -0.3 is 4.74 Å². The zero-order valence-electron chi connectivity index (χ0n) is 9.03. The number of ether oxygens (including phenoxy) is 1. The Labute approximate surface area is 104 Å². The van der Waals surface area contributed by atoms with Crippen LogP contribution in [0.3, 0.4) is 0 Å². The Morgan fingerprint density at radius 2 is 1.75 bits per heavy atom. The van der Waals surface area contributed by atoms with Crippen molar-refractivity contribution >= 4 is 15.9 Å². The number of benzene rings is 2. The molecule has 16 heavy (non-hydrogen) atoms. The van der Waals surface area contributed by atoms with E-state index in [4.69, 9.17) is 4.74 Å². The summed E-state index contributed by atoms with van der Waals surface area (Å²) in [4.78, 5) is 0. The van der Waals surface area contributed by atoms with E-state index in [0.29, 0.717) is 0 Å². The van der Waals surface area contributed by atoms with Crippen molar-refractivity contribution in [3.8, 4) is 16.9 Å². The molecule has 0 saturated carbocycles. The quantitative estimate of drug-likeness (QED) is 0.794. The molecule has 0 atom stereocenters. The van der Waals surface area contributed by atoms with Gasteiger partial charge in [0.2, 0.25) is 0 Å². The topological polar surface area (TPSA) is 9.23 Å². The lowest BCUT2D eigenvalue weighted by molar-refractivity contribution is 0.413. The third kappa shape index (κ3) is 2.12. The van der Waals surface area contributed by atoms with E-state index in [0.717, 1.165) is 26.9 Å². The van der Waals surface area contributed by atoms with E-state index in [1.54, 1.807) is 7.11 Å². The molecule has 0 heterocycles. The Bertz CT molecular complexity index is 489. The molecule has 0 saturated heterocycles. The van der Waals surface area contributed by atoms with Gasteiger partial charge in [-0.2, -0.15) is 0 Å². The summed E-state index contributed by atoms with van der Waals surface area (Å²) < 4.78 is 6.33. The van der Waals surface area contributed by atoms with Crippen LogP contribution in [-0.2, 0) is 0 Å². The van der Waals surface area contributed by atoms with Crippen molar-refractivity contribution in [2.75, 3.05) is 7.11 Å². The van der Waals surface area contributed by atoms with Crippen LogP contribution >= 0.6 is 15.9 Å². The van der Waals surface area contributed by atoms with Gasteiger partial charge in [0.05, 0.1) is 7.11 Å². The van der Waals surface area contributed by atoms with Gasteiger partial charge in [-0.25, -0.2) is 0 Å². The van der Waals surface area contributed by atoms with Crippen LogP contribution in [-0.4, -0.2) is 7.11 Å². The van der Waals surface area contributed by atoms with E-state index >= 15 is 0 Å². The maximum absolute atomic E-state index is 5.26. The molecule has 0 aliphatic carbocycles. The number of methoxy groups -OCH3 is 1. The van der Waals surface area contributed by atoms with Crippen molar-refractivity contribution in [3.05, 3.63) is 59.4 Å². The van der Waals surface area contributed by atoms with Crippen LogP contribution in [0.15, 0.2) is 46.9 Å². The normalized spacial score (nSPS) is 10.2. The van der Waals surface area contributed by atoms with Crippen LogP contribution in [0.1, 0.15) is 5.56 Å². The summed E-state index contributed by atoms with van der Waals surface area (Å²) >= 11 is 3.42. The molecular formula is C14H12BrO. The molecule has 0 spiro atoms. The molecule has 0 aliphatic rings. The third-order valence-electron chi connectivity index (χ3n) is 2.51. The first-order valence-electron chi connectivity index (χ1n) is 4.97. The maximum atomic E-state index is 5.26. The van der Waals surface area contributed by atoms with E-state index in [9.17, 15) is 0 Å². The number of halogens is 1. The highest BCUT2D eigenvalue weighted by atomic mass is 79.9. The van der Waals surface area contributed by atoms with E-state index in [1.807, 2.05) is 30.3 Å². The number of hydrogen-bond acceptors (Lipinski definition) is 1. The van der Waals surface area contributed by atoms with Crippen LogP contribution in [0.4, 0.5) is 0 Å². The summed E-state index contributed by atoms with van der Waals surface area (Å²) in [5, 5.41) is 0. The van der Waals surface area contributed by atoms with Gasteiger partial charge in [-0.05, 0) is 36.2 Å². The van der Waals surface area contributed by atoms with Gasteiger partial charge in [0, 0.05) is 10.0 Å². The molecule has 0 aliphatic heterocycles. The van der Waals surface area contributed by atoms with Gasteiger partial charge in [-0.1, -0.05) is 40.2 Å². The predicted molar refractivity (Wildman–Crippen MR) is 70.6 cm³/mol. The standard InChI is InChI=1S/C14H12BrO/c1-10-13(4-3-5-14(10)16-2)11-6-8-12(15)9-7-11/h3-9H,1H2,2H3. The second-order valence-corrected chi connectivity index (χ2v) is 4.41. The van der Waals surface area contributed by atoms with Crippen molar-refractivity contribution < 1.29 is 4.74 Å². The van der Waals surface area contributed by atoms with Gasteiger partial charge >= 0.3 is 0 Å². The van der Waals surface area contributed by atoms with Crippen molar-refractivity contribution in [1.82, 2.24) is 0 Å². The van der Waals surface area contributed by atoms with Gasteiger partial charge in [-0.15, -0.1) is 0 Å². The van der Waals surface area contributed by atoms with E-state index in [2.05, 4.69) is 35.0 Å². The van der Waals surface area contributed by atoms with Crippen LogP contribution in [0.25, 0.3) is 11.1 Å². The first-order valence-corrected chi connectivity index (χ1v) is 5.76. The zero-order chi connectivity index (χ0) is 11.5. The molecule has 2 aromatic rings. The highest BCUT2D eigenvalue weighted by molar-refractivity contribution is 9.10. The summed E-state index contributed by atoms with van der Waals surface area (Å²) in [5.41, 5.74) is 3.17. The second kappa shape index (κ2) is 4.71. The molecule has 0 fully saturated rings. The summed E-state index contributed by atoms with van der Waals surface area (Å²) in [7, 11) is 1.66. The lowest BCUT2D eigenvalue weighted by Crippen LogP contribution is -1.89. The average molecular weight is 276 g/mol. The molecule has 0 unspecified atom stereocenters. The Morgan fingerprint density at radius 3 is 2.38 bits per heavy atom. The molecule has 0 N–H and O–H groups in total. The van der Waals surface area contributed by atoms with Gasteiger partial charge in [0.25, 0.3) is 0 Å². The molecule has 2 rings (SSSR count). The maximum Gasteiger partial charge on any atom is 0.122 e. The van der Waals surface area contributed by atoms with Crippen molar-refractivity contribution in [2.45, 2.75) is 0 Å². The smallest absolute Gasteiger partial charge is 0.122 e. The largest absolute Gasteiger partial charge is 0.496 e. The summed E-state index contributed by atoms with van der Waals surface area (Å²) in [6.45, 7) is 4.05. The first kappa shape index (κ1) is 11.2. The summed E-state index contributed by atoms with van der Waals surface area (Å²) in [5.74, 6) is 0.820. The molecule has 2 heteroatoms. The highest BCUT2D eigenvalue weighted by Gasteiger charge is 2.05. The molecule has 1 radical (unpaired) electrons. The molecule has 0 amide bonds. The Hall–Kier alpha value is -1.28. The third-order valence-corrected chi connectivity index (χ3v) is 3.04. The van der Waals surface area contributed by atoms with Gasteiger partial charge in [0.1, 0.15) is 5.75 Å². The van der Waals surface area contributed by atoms with Crippen molar-refractivity contribution in [2.24, 2.45) is 0 Å². The number of rotatable bonds is 2. The molecule has 0 aromatic heterocycles. The molecule has 81 valence electrons. The second-order valence-electron chi connectivity index (χ2n) is 3.49. The Balaban J connectivity index is 2.51. The van der Waals surface area contributed by atoms with Gasteiger partial charge in [-0.3, -0.25) is 0 Å². The van der Waals surface area contributed by atoms with E-state index in [-0.39, 0.29) is 0 Å². The molecule has 1 nitrogen and oxygen atoms in total. The fraction of sp³-hybridized carbons (Fsp3) is 0.0714. The minimum Gasteiger partial charge on any atom is -0.496 e. The fourth-order valence-corrected chi connectivity index (χ4v) is 1.92. The highest BCUT2D eigenvalue weighted by Crippen LogP contribution is 2.30. The van der Waals surface area contributed by atoms with Crippen molar-refractivity contribution in [3.63, 3.8) is 0 Å². The minimum atomic E-state index is 0.820. The number of hydrogen-bond donors (Lipinski definition) is 0. The van der Waals surface area contributed by atoms with Crippen LogP contribution in [0, 0.1) is 6.92 Å². The van der Waals surface area contributed by atoms with Gasteiger partial charge in [0.15, 0.2) is 0 Å². The fourth-order valence-electron chi connectivity index (χ4n) is 1.66. The predicted octanol–water partition coefficient (Wildman–Crippen LogP) is 4.31. The Morgan fingerprint density at radius 1 is 1.06 bits per heavy atom. The molecule has 0 bridgehead atoms. The minimum absolute atomic E-state index is 0.820. The average Bonchev–Trinajstić information content (AvgIpc) is 2.31. The van der Waals surface area contributed by atoms with Crippen LogP contribution < -0.4 is 4.74 Å². The summed E-state index contributed by atoms with van der Waals surface area (Å²) in [6.07, 6.45) is 0. The zero-order valence-corrected chi connectivity index (χ0v) is 10.6. The SMILES string of the molecule is [CH2]c1c(OC)cccc1-c1ccc(Br)cc1. The van der Waals surface area contributed by atoms with Crippen LogP contribution in [0.2, 0.25) is 0 Å². The lowest BCUT2D eigenvalue weighted by Gasteiger charge is -2.10. The van der Waals surface area contributed by atoms with Crippen molar-refractivity contribution in [1.29, 1.82) is 0 Å². The molecular weight excluding hydrogens is 264 g/mol. The Kier molecular flexibility index (Phi) is 3.30. The molecule has 2 aromatic carbocycles. The first-order chi connectivity index (χ1) is 7.72. The van der Waals surface area contributed by atoms with Crippen LogP contribution in [0.5, 0.6) is 5.75 Å². The monoisotopic (exact) mass is 275 g/mol. The van der Waals surface area contributed by atoms with E-state index < -0.39 is 0 Å². The lowest BCUT2D eigenvalue weighted by atomic mass is 10.00. The van der Waals surface area contributed by atoms with E-state index in [1.165, 1.54) is 0 Å². The summed E-state index contributed by atoms with van der Waals surface area (Å²) in [6, 6.07) is 14.1.